The molecule has 1 aromatic carbocycles. The van der Waals surface area contributed by atoms with Crippen LogP contribution in [0.5, 0.6) is 5.75 Å². The number of piperidine rings is 1. The molecule has 0 aliphatic carbocycles. The summed E-state index contributed by atoms with van der Waals surface area (Å²) in [5, 5.41) is 3.41. The van der Waals surface area contributed by atoms with E-state index in [0.29, 0.717) is 5.92 Å². The molecule has 5 heteroatoms. The number of methoxy groups -OCH3 is 1. The number of amides is 1. The predicted molar refractivity (Wildman–Crippen MR) is 96.5 cm³/mol. The van der Waals surface area contributed by atoms with Crippen LogP contribution in [0.25, 0.3) is 0 Å². The Morgan fingerprint density at radius 1 is 1.39 bits per heavy atom. The average Bonchev–Trinajstić information content (AvgIpc) is 2.59. The molecule has 1 amide bonds. The number of rotatable bonds is 6. The molecular formula is C18H29ClN2O2. The highest BCUT2D eigenvalue weighted by molar-refractivity contribution is 5.85. The number of nitrogens with one attached hydrogen (secondary N) is 1. The van der Waals surface area contributed by atoms with E-state index in [1.165, 1.54) is 0 Å². The summed E-state index contributed by atoms with van der Waals surface area (Å²) >= 11 is 0. The summed E-state index contributed by atoms with van der Waals surface area (Å²) in [5.41, 5.74) is 1.03. The van der Waals surface area contributed by atoms with Crippen molar-refractivity contribution in [3.05, 3.63) is 29.8 Å². The average molecular weight is 341 g/mol. The van der Waals surface area contributed by atoms with Crippen molar-refractivity contribution in [2.24, 2.45) is 5.92 Å². The third-order valence-corrected chi connectivity index (χ3v) is 4.57. The molecule has 1 fully saturated rings. The van der Waals surface area contributed by atoms with Gasteiger partial charge in [-0.15, -0.1) is 12.4 Å². The lowest BCUT2D eigenvalue weighted by Crippen LogP contribution is -2.42. The van der Waals surface area contributed by atoms with Crippen LogP contribution < -0.4 is 10.1 Å². The molecule has 0 spiro atoms. The van der Waals surface area contributed by atoms with Gasteiger partial charge in [0.15, 0.2) is 0 Å². The first-order chi connectivity index (χ1) is 10.7. The molecule has 1 aliphatic heterocycles. The fourth-order valence-electron chi connectivity index (χ4n) is 3.03. The van der Waals surface area contributed by atoms with E-state index in [0.717, 1.165) is 50.3 Å². The molecule has 4 nitrogen and oxygen atoms in total. The molecule has 0 radical (unpaired) electrons. The van der Waals surface area contributed by atoms with E-state index in [2.05, 4.69) is 12.2 Å². The topological polar surface area (TPSA) is 41.6 Å². The van der Waals surface area contributed by atoms with Gasteiger partial charge < -0.3 is 15.0 Å². The zero-order valence-corrected chi connectivity index (χ0v) is 15.2. The van der Waals surface area contributed by atoms with E-state index >= 15 is 0 Å². The Labute approximate surface area is 146 Å². The molecule has 130 valence electrons. The normalized spacial score (nSPS) is 16.6. The van der Waals surface area contributed by atoms with Crippen molar-refractivity contribution in [3.8, 4) is 5.75 Å². The number of carbonyl (C=O) groups excluding carboxylic acids is 1. The van der Waals surface area contributed by atoms with Crippen molar-refractivity contribution in [1.82, 2.24) is 10.2 Å². The second-order valence-corrected chi connectivity index (χ2v) is 6.07. The van der Waals surface area contributed by atoms with Crippen LogP contribution in [-0.2, 0) is 4.79 Å². The van der Waals surface area contributed by atoms with E-state index in [4.69, 9.17) is 4.74 Å². The fraction of sp³-hybridized carbons (Fsp3) is 0.611. The van der Waals surface area contributed by atoms with Crippen LogP contribution in [0.2, 0.25) is 0 Å². The van der Waals surface area contributed by atoms with Crippen molar-refractivity contribution in [1.29, 1.82) is 0 Å². The highest BCUT2D eigenvalue weighted by Crippen LogP contribution is 2.25. The van der Waals surface area contributed by atoms with Crippen molar-refractivity contribution in [2.75, 3.05) is 33.3 Å². The number of hydrogen-bond donors (Lipinski definition) is 1. The second-order valence-electron chi connectivity index (χ2n) is 6.07. The molecule has 1 unspecified atom stereocenters. The summed E-state index contributed by atoms with van der Waals surface area (Å²) in [7, 11) is 1.65. The van der Waals surface area contributed by atoms with Crippen molar-refractivity contribution < 1.29 is 9.53 Å². The molecule has 0 bridgehead atoms. The molecule has 1 atom stereocenters. The smallest absolute Gasteiger partial charge is 0.229 e. The van der Waals surface area contributed by atoms with Crippen LogP contribution in [0, 0.1) is 5.92 Å². The Bertz CT molecular complexity index is 488. The van der Waals surface area contributed by atoms with Gasteiger partial charge in [-0.2, -0.15) is 0 Å². The molecule has 1 N–H and O–H groups in total. The van der Waals surface area contributed by atoms with Crippen LogP contribution in [0.15, 0.2) is 24.3 Å². The van der Waals surface area contributed by atoms with Gasteiger partial charge in [-0.1, -0.05) is 19.1 Å². The van der Waals surface area contributed by atoms with Gasteiger partial charge in [-0.25, -0.2) is 0 Å². The standard InChI is InChI=1S/C18H28N2O2.ClH/c1-4-19-13-15-8-10-20(11-9-15)18(21)14(2)16-6-5-7-17(12-16)22-3;/h5-7,12,14-15,19H,4,8-11,13H2,1-3H3;1H. The van der Waals surface area contributed by atoms with Crippen LogP contribution >= 0.6 is 12.4 Å². The maximum atomic E-state index is 12.7. The summed E-state index contributed by atoms with van der Waals surface area (Å²) in [6.45, 7) is 7.97. The Kier molecular flexibility index (Phi) is 8.42. The maximum Gasteiger partial charge on any atom is 0.229 e. The highest BCUT2D eigenvalue weighted by Gasteiger charge is 2.26. The predicted octanol–water partition coefficient (Wildman–Crippen LogP) is 3.07. The lowest BCUT2D eigenvalue weighted by Gasteiger charge is -2.33. The van der Waals surface area contributed by atoms with Gasteiger partial charge in [-0.3, -0.25) is 4.79 Å². The fourth-order valence-corrected chi connectivity index (χ4v) is 3.03. The third-order valence-electron chi connectivity index (χ3n) is 4.57. The van der Waals surface area contributed by atoms with Gasteiger partial charge in [0.1, 0.15) is 5.75 Å². The minimum Gasteiger partial charge on any atom is -0.497 e. The van der Waals surface area contributed by atoms with Crippen molar-refractivity contribution >= 4 is 18.3 Å². The van der Waals surface area contributed by atoms with E-state index < -0.39 is 0 Å². The number of likely N-dealkylation sites (tertiary alicyclic amines) is 1. The summed E-state index contributed by atoms with van der Waals surface area (Å²) in [6.07, 6.45) is 2.20. The summed E-state index contributed by atoms with van der Waals surface area (Å²) in [5.74, 6) is 1.63. The lowest BCUT2D eigenvalue weighted by atomic mass is 9.94. The summed E-state index contributed by atoms with van der Waals surface area (Å²) < 4.78 is 5.25. The number of nitrogens with zero attached hydrogens (tertiary/aromatic N) is 1. The summed E-state index contributed by atoms with van der Waals surface area (Å²) in [4.78, 5) is 14.7. The first kappa shape index (κ1) is 19.8. The first-order valence-electron chi connectivity index (χ1n) is 8.29. The van der Waals surface area contributed by atoms with Gasteiger partial charge in [-0.05, 0) is 56.5 Å². The van der Waals surface area contributed by atoms with Crippen LogP contribution in [-0.4, -0.2) is 44.1 Å². The summed E-state index contributed by atoms with van der Waals surface area (Å²) in [6, 6.07) is 7.82. The number of ether oxygens (including phenoxy) is 1. The van der Waals surface area contributed by atoms with Crippen LogP contribution in [0.3, 0.4) is 0 Å². The molecule has 2 rings (SSSR count). The lowest BCUT2D eigenvalue weighted by molar-refractivity contribution is -0.133. The monoisotopic (exact) mass is 340 g/mol. The van der Waals surface area contributed by atoms with Gasteiger partial charge >= 0.3 is 0 Å². The molecule has 1 aromatic rings. The van der Waals surface area contributed by atoms with E-state index in [1.54, 1.807) is 7.11 Å². The minimum absolute atomic E-state index is 0. The Hall–Kier alpha value is -1.26. The van der Waals surface area contributed by atoms with Gasteiger partial charge in [0, 0.05) is 13.1 Å². The van der Waals surface area contributed by atoms with Crippen LogP contribution in [0.1, 0.15) is 38.2 Å². The zero-order chi connectivity index (χ0) is 15.9. The van der Waals surface area contributed by atoms with Gasteiger partial charge in [0.2, 0.25) is 5.91 Å². The SMILES string of the molecule is CCNCC1CCN(C(=O)C(C)c2cccc(OC)c2)CC1.Cl. The minimum atomic E-state index is -0.111. The Balaban J connectivity index is 0.00000264. The molecule has 1 saturated heterocycles. The Morgan fingerprint density at radius 3 is 2.70 bits per heavy atom. The molecule has 1 heterocycles. The molecular weight excluding hydrogens is 312 g/mol. The van der Waals surface area contributed by atoms with Gasteiger partial charge in [0.05, 0.1) is 13.0 Å². The first-order valence-corrected chi connectivity index (χ1v) is 8.29. The molecule has 0 aromatic heterocycles. The largest absolute Gasteiger partial charge is 0.497 e. The van der Waals surface area contributed by atoms with Crippen LogP contribution in [0.4, 0.5) is 0 Å². The molecule has 23 heavy (non-hydrogen) atoms. The number of benzene rings is 1. The number of hydrogen-bond acceptors (Lipinski definition) is 3. The van der Waals surface area contributed by atoms with E-state index in [1.807, 2.05) is 36.1 Å². The molecule has 0 saturated carbocycles. The number of carbonyl (C=O) groups is 1. The van der Waals surface area contributed by atoms with E-state index in [-0.39, 0.29) is 24.2 Å². The van der Waals surface area contributed by atoms with Crippen molar-refractivity contribution in [3.63, 3.8) is 0 Å². The quantitative estimate of drug-likeness (QED) is 0.865. The van der Waals surface area contributed by atoms with Crippen molar-refractivity contribution in [2.45, 2.75) is 32.6 Å². The van der Waals surface area contributed by atoms with E-state index in [9.17, 15) is 4.79 Å². The zero-order valence-electron chi connectivity index (χ0n) is 14.4. The third kappa shape index (κ3) is 5.40. The Morgan fingerprint density at radius 2 is 2.09 bits per heavy atom. The number of halogens is 1. The van der Waals surface area contributed by atoms with Gasteiger partial charge in [0.25, 0.3) is 0 Å². The maximum absolute atomic E-state index is 12.7. The second kappa shape index (κ2) is 9.78. The molecule has 1 aliphatic rings. The highest BCUT2D eigenvalue weighted by atomic mass is 35.5.